The number of hydrogen-bond acceptors (Lipinski definition) is 5. The summed E-state index contributed by atoms with van der Waals surface area (Å²) in [4.78, 5) is 15.2. The molecule has 5 nitrogen and oxygen atoms in total. The Morgan fingerprint density at radius 2 is 0.840 bits per heavy atom. The lowest BCUT2D eigenvalue weighted by molar-refractivity contribution is 0.669. The van der Waals surface area contributed by atoms with E-state index in [9.17, 15) is 0 Å². The Morgan fingerprint density at radius 1 is 0.300 bits per heavy atom. The summed E-state index contributed by atoms with van der Waals surface area (Å²) in [5, 5.41) is 4.20. The number of aromatic nitrogens is 3. The fourth-order valence-corrected chi connectivity index (χ4v) is 6.85. The summed E-state index contributed by atoms with van der Waals surface area (Å²) in [7, 11) is 0. The lowest BCUT2D eigenvalue weighted by atomic mass is 10.0. The van der Waals surface area contributed by atoms with Gasteiger partial charge in [0.2, 0.25) is 0 Å². The van der Waals surface area contributed by atoms with Gasteiger partial charge in [0.1, 0.15) is 22.3 Å². The fourth-order valence-electron chi connectivity index (χ4n) is 6.85. The summed E-state index contributed by atoms with van der Waals surface area (Å²) >= 11 is 0. The van der Waals surface area contributed by atoms with Gasteiger partial charge in [-0.1, -0.05) is 127 Å². The van der Waals surface area contributed by atoms with Gasteiger partial charge < -0.3 is 8.83 Å². The number of nitrogens with zero attached hydrogens (tertiary/aromatic N) is 3. The summed E-state index contributed by atoms with van der Waals surface area (Å²) in [5.41, 5.74) is 10.4. The molecule has 0 spiro atoms. The molecule has 0 saturated heterocycles. The quantitative estimate of drug-likeness (QED) is 0.187. The zero-order valence-electron chi connectivity index (χ0n) is 26.7. The van der Waals surface area contributed by atoms with Gasteiger partial charge in [-0.2, -0.15) is 0 Å². The van der Waals surface area contributed by atoms with E-state index in [1.54, 1.807) is 0 Å². The van der Waals surface area contributed by atoms with Gasteiger partial charge in [-0.25, -0.2) is 15.0 Å². The fraction of sp³-hybridized carbons (Fsp3) is 0. The molecular formula is C45H27N3O2. The Labute approximate surface area is 287 Å². The average Bonchev–Trinajstić information content (AvgIpc) is 3.76. The molecule has 0 bridgehead atoms. The summed E-state index contributed by atoms with van der Waals surface area (Å²) < 4.78 is 12.7. The van der Waals surface area contributed by atoms with E-state index in [0.29, 0.717) is 17.5 Å². The normalized spacial score (nSPS) is 11.6. The highest BCUT2D eigenvalue weighted by atomic mass is 16.3. The number of rotatable bonds is 5. The molecule has 0 N–H and O–H groups in total. The second kappa shape index (κ2) is 11.4. The maximum absolute atomic E-state index is 6.46. The van der Waals surface area contributed by atoms with Gasteiger partial charge in [0.15, 0.2) is 17.5 Å². The molecule has 7 aromatic carbocycles. The molecule has 10 rings (SSSR count). The van der Waals surface area contributed by atoms with E-state index in [2.05, 4.69) is 103 Å². The van der Waals surface area contributed by atoms with Crippen molar-refractivity contribution < 1.29 is 8.83 Å². The second-order valence-electron chi connectivity index (χ2n) is 12.4. The Bertz CT molecular complexity index is 2850. The van der Waals surface area contributed by atoms with Crippen LogP contribution in [0.5, 0.6) is 0 Å². The largest absolute Gasteiger partial charge is 0.456 e. The van der Waals surface area contributed by atoms with Gasteiger partial charge >= 0.3 is 0 Å². The maximum Gasteiger partial charge on any atom is 0.164 e. The monoisotopic (exact) mass is 641 g/mol. The van der Waals surface area contributed by atoms with Crippen molar-refractivity contribution in [3.63, 3.8) is 0 Å². The molecule has 0 saturated carbocycles. The van der Waals surface area contributed by atoms with Crippen molar-refractivity contribution in [3.05, 3.63) is 164 Å². The van der Waals surface area contributed by atoms with E-state index in [1.165, 1.54) is 0 Å². The van der Waals surface area contributed by atoms with Crippen LogP contribution in [0, 0.1) is 0 Å². The van der Waals surface area contributed by atoms with Crippen LogP contribution < -0.4 is 0 Å². The molecule has 0 aliphatic carbocycles. The third-order valence-corrected chi connectivity index (χ3v) is 9.36. The predicted molar refractivity (Wildman–Crippen MR) is 202 cm³/mol. The van der Waals surface area contributed by atoms with Crippen LogP contribution in [0.25, 0.3) is 100 Å². The number of furan rings is 2. The molecule has 0 radical (unpaired) electrons. The van der Waals surface area contributed by atoms with Crippen molar-refractivity contribution in [2.24, 2.45) is 0 Å². The van der Waals surface area contributed by atoms with Gasteiger partial charge in [0, 0.05) is 43.8 Å². The van der Waals surface area contributed by atoms with Gasteiger partial charge in [-0.15, -0.1) is 0 Å². The van der Waals surface area contributed by atoms with Crippen LogP contribution in [-0.4, -0.2) is 15.0 Å². The number of fused-ring (bicyclic) bond motifs is 6. The van der Waals surface area contributed by atoms with E-state index in [1.807, 2.05) is 60.7 Å². The Morgan fingerprint density at radius 3 is 1.62 bits per heavy atom. The molecule has 3 heterocycles. The lowest BCUT2D eigenvalue weighted by Crippen LogP contribution is -2.00. The summed E-state index contributed by atoms with van der Waals surface area (Å²) in [5.74, 6) is 1.75. The van der Waals surface area contributed by atoms with Gasteiger partial charge in [0.25, 0.3) is 0 Å². The van der Waals surface area contributed by atoms with E-state index in [-0.39, 0.29) is 0 Å². The first-order chi connectivity index (χ1) is 24.7. The molecule has 0 amide bonds. The molecule has 0 fully saturated rings. The van der Waals surface area contributed by atoms with Crippen molar-refractivity contribution in [2.45, 2.75) is 0 Å². The molecule has 0 aliphatic heterocycles. The number of para-hydroxylation sites is 2. The third-order valence-electron chi connectivity index (χ3n) is 9.36. The first kappa shape index (κ1) is 28.2. The molecule has 3 aromatic heterocycles. The van der Waals surface area contributed by atoms with E-state index >= 15 is 0 Å². The molecule has 234 valence electrons. The molecule has 10 aromatic rings. The molecule has 0 unspecified atom stereocenters. The highest BCUT2D eigenvalue weighted by Gasteiger charge is 2.17. The van der Waals surface area contributed by atoms with Crippen LogP contribution in [0.15, 0.2) is 173 Å². The molecule has 0 aliphatic rings. The lowest BCUT2D eigenvalue weighted by Gasteiger charge is -2.09. The van der Waals surface area contributed by atoms with Crippen molar-refractivity contribution >= 4 is 43.9 Å². The summed E-state index contributed by atoms with van der Waals surface area (Å²) in [6.45, 7) is 0. The molecular weight excluding hydrogens is 615 g/mol. The van der Waals surface area contributed by atoms with Crippen LogP contribution in [0.1, 0.15) is 0 Å². The molecule has 0 atom stereocenters. The molecule has 5 heteroatoms. The van der Waals surface area contributed by atoms with Gasteiger partial charge in [0.05, 0.1) is 0 Å². The minimum Gasteiger partial charge on any atom is -0.456 e. The smallest absolute Gasteiger partial charge is 0.164 e. The van der Waals surface area contributed by atoms with E-state index in [0.717, 1.165) is 82.8 Å². The SMILES string of the molecule is c1ccc(-c2ccc(-c3nc(-c4ccc5c(c4)oc4ccccc45)nc(-c4ccc5oc6c(-c7ccccc7)cccc6c5c4)n3)cc2)cc1. The van der Waals surface area contributed by atoms with Crippen LogP contribution in [0.3, 0.4) is 0 Å². The first-order valence-electron chi connectivity index (χ1n) is 16.6. The van der Waals surface area contributed by atoms with Crippen LogP contribution in [-0.2, 0) is 0 Å². The Kier molecular flexibility index (Phi) is 6.42. The Balaban J connectivity index is 1.13. The standard InChI is InChI=1S/C45H27N3O2/c1-3-10-28(11-4-1)29-18-20-31(21-19-29)43-46-44(48-45(47-43)33-22-24-36-35-14-7-8-17-39(35)49-41(36)27-33)32-23-25-40-38(26-32)37-16-9-15-34(42(37)50-40)30-12-5-2-6-13-30/h1-27H. The topological polar surface area (TPSA) is 65.0 Å². The maximum atomic E-state index is 6.46. The number of hydrogen-bond donors (Lipinski definition) is 0. The summed E-state index contributed by atoms with van der Waals surface area (Å²) in [6, 6.07) is 55.8. The van der Waals surface area contributed by atoms with Crippen LogP contribution >= 0.6 is 0 Å². The van der Waals surface area contributed by atoms with Crippen molar-refractivity contribution in [1.29, 1.82) is 0 Å². The van der Waals surface area contributed by atoms with E-state index in [4.69, 9.17) is 23.8 Å². The summed E-state index contributed by atoms with van der Waals surface area (Å²) in [6.07, 6.45) is 0. The average molecular weight is 642 g/mol. The van der Waals surface area contributed by atoms with Crippen LogP contribution in [0.2, 0.25) is 0 Å². The predicted octanol–water partition coefficient (Wildman–Crippen LogP) is 12.0. The van der Waals surface area contributed by atoms with Crippen molar-refractivity contribution in [1.82, 2.24) is 15.0 Å². The second-order valence-corrected chi connectivity index (χ2v) is 12.4. The molecule has 50 heavy (non-hydrogen) atoms. The zero-order chi connectivity index (χ0) is 33.0. The minimum atomic E-state index is 0.572. The minimum absolute atomic E-state index is 0.572. The van der Waals surface area contributed by atoms with Gasteiger partial charge in [-0.05, 0) is 53.1 Å². The third kappa shape index (κ3) is 4.75. The van der Waals surface area contributed by atoms with Crippen molar-refractivity contribution in [3.8, 4) is 56.4 Å². The highest BCUT2D eigenvalue weighted by molar-refractivity contribution is 6.10. The first-order valence-corrected chi connectivity index (χ1v) is 16.6. The van der Waals surface area contributed by atoms with Crippen molar-refractivity contribution in [2.75, 3.05) is 0 Å². The highest BCUT2D eigenvalue weighted by Crippen LogP contribution is 2.38. The van der Waals surface area contributed by atoms with Crippen LogP contribution in [0.4, 0.5) is 0 Å². The van der Waals surface area contributed by atoms with Gasteiger partial charge in [-0.3, -0.25) is 0 Å². The zero-order valence-corrected chi connectivity index (χ0v) is 26.7. The van der Waals surface area contributed by atoms with E-state index < -0.39 is 0 Å². The number of benzene rings is 7. The Hall–Kier alpha value is -6.85.